The van der Waals surface area contributed by atoms with Crippen LogP contribution in [0, 0.1) is 5.41 Å². The quantitative estimate of drug-likeness (QED) is 0.591. The van der Waals surface area contributed by atoms with Crippen LogP contribution in [-0.4, -0.2) is 7.11 Å². The summed E-state index contributed by atoms with van der Waals surface area (Å²) in [6, 6.07) is 0. The fourth-order valence-corrected chi connectivity index (χ4v) is 1.74. The number of hydrogen-bond donors (Lipinski definition) is 0. The molecule has 0 heterocycles. The van der Waals surface area contributed by atoms with Gasteiger partial charge in [-0.15, -0.1) is 0 Å². The molecule has 1 aliphatic carbocycles. The highest BCUT2D eigenvalue weighted by molar-refractivity contribution is 6.32. The van der Waals surface area contributed by atoms with Gasteiger partial charge in [-0.2, -0.15) is 0 Å². The second-order valence-corrected chi connectivity index (χ2v) is 3.74. The van der Waals surface area contributed by atoms with Crippen molar-refractivity contribution in [1.29, 1.82) is 0 Å². The minimum absolute atomic E-state index is 0.0220. The summed E-state index contributed by atoms with van der Waals surface area (Å²) in [4.78, 5) is 0. The van der Waals surface area contributed by atoms with Crippen LogP contribution in [0.3, 0.4) is 0 Å². The van der Waals surface area contributed by atoms with Crippen LogP contribution in [0.15, 0.2) is 22.4 Å². The third-order valence-electron chi connectivity index (χ3n) is 2.32. The first kappa shape index (κ1) is 8.66. The van der Waals surface area contributed by atoms with Crippen molar-refractivity contribution >= 4 is 11.6 Å². The van der Waals surface area contributed by atoms with E-state index in [2.05, 4.69) is 20.8 Å². The Balaban J connectivity index is 3.07. The molecular formula is C9H13ClO. The van der Waals surface area contributed by atoms with Crippen LogP contribution in [0.4, 0.5) is 0 Å². The Hall–Kier alpha value is -0.430. The van der Waals surface area contributed by atoms with E-state index in [4.69, 9.17) is 16.3 Å². The fourth-order valence-electron chi connectivity index (χ4n) is 1.27. The molecule has 11 heavy (non-hydrogen) atoms. The Labute approximate surface area is 72.7 Å². The maximum atomic E-state index is 5.94. The molecule has 1 nitrogen and oxygen atoms in total. The lowest BCUT2D eigenvalue weighted by Gasteiger charge is -2.23. The van der Waals surface area contributed by atoms with E-state index in [1.165, 1.54) is 5.57 Å². The van der Waals surface area contributed by atoms with Crippen LogP contribution in [0.1, 0.15) is 20.8 Å². The normalized spacial score (nSPS) is 22.1. The maximum Gasteiger partial charge on any atom is 0.124 e. The predicted molar refractivity (Wildman–Crippen MR) is 47.4 cm³/mol. The highest BCUT2D eigenvalue weighted by atomic mass is 35.5. The van der Waals surface area contributed by atoms with Gasteiger partial charge in [0.1, 0.15) is 5.76 Å². The first-order valence-electron chi connectivity index (χ1n) is 3.63. The molecule has 0 N–H and O–H groups in total. The minimum Gasteiger partial charge on any atom is -0.499 e. The molecule has 1 aliphatic rings. The molecule has 0 atom stereocenters. The molecule has 0 radical (unpaired) electrons. The molecule has 0 fully saturated rings. The van der Waals surface area contributed by atoms with Crippen molar-refractivity contribution in [3.8, 4) is 0 Å². The zero-order chi connectivity index (χ0) is 8.65. The summed E-state index contributed by atoms with van der Waals surface area (Å²) >= 11 is 5.94. The van der Waals surface area contributed by atoms with E-state index in [1.807, 2.05) is 6.08 Å². The summed E-state index contributed by atoms with van der Waals surface area (Å²) in [6.45, 7) is 6.27. The van der Waals surface area contributed by atoms with Crippen molar-refractivity contribution in [3.05, 3.63) is 22.4 Å². The molecule has 0 aromatic heterocycles. The van der Waals surface area contributed by atoms with E-state index >= 15 is 0 Å². The summed E-state index contributed by atoms with van der Waals surface area (Å²) in [5, 5.41) is 0.731. The molecule has 62 valence electrons. The van der Waals surface area contributed by atoms with Gasteiger partial charge < -0.3 is 4.74 Å². The maximum absolute atomic E-state index is 5.94. The number of ether oxygens (including phenoxy) is 1. The Morgan fingerprint density at radius 1 is 1.45 bits per heavy atom. The molecule has 1 rings (SSSR count). The van der Waals surface area contributed by atoms with Crippen molar-refractivity contribution in [1.82, 2.24) is 0 Å². The van der Waals surface area contributed by atoms with Gasteiger partial charge in [-0.05, 0) is 26.8 Å². The van der Waals surface area contributed by atoms with Crippen molar-refractivity contribution in [2.24, 2.45) is 5.41 Å². The van der Waals surface area contributed by atoms with Gasteiger partial charge in [-0.3, -0.25) is 0 Å². The number of allylic oxidation sites excluding steroid dienone is 3. The van der Waals surface area contributed by atoms with E-state index in [0.717, 1.165) is 10.8 Å². The SMILES string of the molecule is COC1=C(Cl)C=C(C)C1(C)C. The smallest absolute Gasteiger partial charge is 0.124 e. The highest BCUT2D eigenvalue weighted by Gasteiger charge is 2.33. The average molecular weight is 173 g/mol. The van der Waals surface area contributed by atoms with E-state index in [1.54, 1.807) is 7.11 Å². The van der Waals surface area contributed by atoms with E-state index < -0.39 is 0 Å². The summed E-state index contributed by atoms with van der Waals surface area (Å²) in [6.07, 6.45) is 1.96. The Morgan fingerprint density at radius 3 is 2.18 bits per heavy atom. The van der Waals surface area contributed by atoms with Gasteiger partial charge >= 0.3 is 0 Å². The molecule has 2 heteroatoms. The van der Waals surface area contributed by atoms with Gasteiger partial charge in [0, 0.05) is 5.41 Å². The molecule has 0 spiro atoms. The lowest BCUT2D eigenvalue weighted by atomic mass is 9.87. The number of hydrogen-bond acceptors (Lipinski definition) is 1. The summed E-state index contributed by atoms with van der Waals surface area (Å²) in [5.74, 6) is 0.872. The van der Waals surface area contributed by atoms with Gasteiger partial charge in [0.2, 0.25) is 0 Å². The lowest BCUT2D eigenvalue weighted by molar-refractivity contribution is 0.220. The van der Waals surface area contributed by atoms with Crippen molar-refractivity contribution < 1.29 is 4.74 Å². The van der Waals surface area contributed by atoms with Crippen LogP contribution < -0.4 is 0 Å². The van der Waals surface area contributed by atoms with Gasteiger partial charge in [-0.1, -0.05) is 17.2 Å². The summed E-state index contributed by atoms with van der Waals surface area (Å²) in [5.41, 5.74) is 1.23. The van der Waals surface area contributed by atoms with E-state index in [0.29, 0.717) is 0 Å². The first-order chi connectivity index (χ1) is 5.00. The second-order valence-electron chi connectivity index (χ2n) is 3.33. The molecule has 0 aromatic rings. The number of rotatable bonds is 1. The molecule has 0 amide bonds. The summed E-state index contributed by atoms with van der Waals surface area (Å²) in [7, 11) is 1.66. The van der Waals surface area contributed by atoms with Gasteiger partial charge in [0.15, 0.2) is 0 Å². The van der Waals surface area contributed by atoms with Gasteiger partial charge in [0.05, 0.1) is 12.1 Å². The molecule has 0 unspecified atom stereocenters. The fraction of sp³-hybridized carbons (Fsp3) is 0.556. The summed E-state index contributed by atoms with van der Waals surface area (Å²) < 4.78 is 5.20. The predicted octanol–water partition coefficient (Wildman–Crippen LogP) is 3.07. The molecular weight excluding hydrogens is 160 g/mol. The molecule has 0 aromatic carbocycles. The zero-order valence-electron chi connectivity index (χ0n) is 7.36. The number of halogens is 1. The van der Waals surface area contributed by atoms with Crippen LogP contribution in [0.2, 0.25) is 0 Å². The zero-order valence-corrected chi connectivity index (χ0v) is 8.12. The van der Waals surface area contributed by atoms with E-state index in [9.17, 15) is 0 Å². The Kier molecular flexibility index (Phi) is 2.02. The van der Waals surface area contributed by atoms with Crippen molar-refractivity contribution in [2.45, 2.75) is 20.8 Å². The van der Waals surface area contributed by atoms with Crippen LogP contribution in [0.5, 0.6) is 0 Å². The van der Waals surface area contributed by atoms with Crippen molar-refractivity contribution in [2.75, 3.05) is 7.11 Å². The second kappa shape index (κ2) is 2.56. The first-order valence-corrected chi connectivity index (χ1v) is 4.01. The standard InChI is InChI=1S/C9H13ClO/c1-6-5-7(10)8(11-4)9(6,2)3/h5H,1-4H3. The highest BCUT2D eigenvalue weighted by Crippen LogP contribution is 2.43. The lowest BCUT2D eigenvalue weighted by Crippen LogP contribution is -2.14. The van der Waals surface area contributed by atoms with Gasteiger partial charge in [0.25, 0.3) is 0 Å². The van der Waals surface area contributed by atoms with Crippen LogP contribution in [-0.2, 0) is 4.74 Å². The minimum atomic E-state index is -0.0220. The largest absolute Gasteiger partial charge is 0.499 e. The molecule has 0 bridgehead atoms. The molecule has 0 saturated carbocycles. The Morgan fingerprint density at radius 2 is 2.00 bits per heavy atom. The molecule has 0 saturated heterocycles. The third kappa shape index (κ3) is 1.18. The van der Waals surface area contributed by atoms with E-state index in [-0.39, 0.29) is 5.41 Å². The number of methoxy groups -OCH3 is 1. The van der Waals surface area contributed by atoms with Crippen LogP contribution >= 0.6 is 11.6 Å². The third-order valence-corrected chi connectivity index (χ3v) is 2.60. The monoisotopic (exact) mass is 172 g/mol. The topological polar surface area (TPSA) is 9.23 Å². The average Bonchev–Trinajstić information content (AvgIpc) is 2.04. The Bertz CT molecular complexity index is 236. The van der Waals surface area contributed by atoms with Crippen LogP contribution in [0.25, 0.3) is 0 Å². The van der Waals surface area contributed by atoms with Gasteiger partial charge in [-0.25, -0.2) is 0 Å². The molecule has 0 aliphatic heterocycles. The van der Waals surface area contributed by atoms with Crippen molar-refractivity contribution in [3.63, 3.8) is 0 Å².